The lowest BCUT2D eigenvalue weighted by atomic mass is 10.2. The quantitative estimate of drug-likeness (QED) is 0.682. The Morgan fingerprint density at radius 2 is 1.93 bits per heavy atom. The molecule has 0 bridgehead atoms. The summed E-state index contributed by atoms with van der Waals surface area (Å²) in [4.78, 5) is 12.8. The molecule has 27 heavy (non-hydrogen) atoms. The Morgan fingerprint density at radius 1 is 1.22 bits per heavy atom. The van der Waals surface area contributed by atoms with Crippen LogP contribution in [0.15, 0.2) is 41.6 Å². The molecule has 2 rings (SSSR count). The number of nitrogens with one attached hydrogen (secondary N) is 2. The molecular weight excluding hydrogens is 366 g/mol. The molecule has 0 aliphatic heterocycles. The summed E-state index contributed by atoms with van der Waals surface area (Å²) in [6.45, 7) is 8.65. The van der Waals surface area contributed by atoms with Crippen molar-refractivity contribution >= 4 is 27.3 Å². The molecule has 8 nitrogen and oxygen atoms in total. The van der Waals surface area contributed by atoms with E-state index in [0.29, 0.717) is 31.0 Å². The van der Waals surface area contributed by atoms with Gasteiger partial charge in [0.25, 0.3) is 0 Å². The van der Waals surface area contributed by atoms with E-state index in [0.717, 1.165) is 0 Å². The number of anilines is 2. The van der Waals surface area contributed by atoms with Gasteiger partial charge in [-0.25, -0.2) is 8.42 Å². The predicted molar refractivity (Wildman–Crippen MR) is 106 cm³/mol. The molecule has 0 spiro atoms. The van der Waals surface area contributed by atoms with Crippen LogP contribution >= 0.6 is 0 Å². The van der Waals surface area contributed by atoms with Gasteiger partial charge in [0.15, 0.2) is 0 Å². The smallest absolute Gasteiger partial charge is 0.249 e. The third-order valence-electron chi connectivity index (χ3n) is 4.26. The molecule has 1 atom stereocenters. The Morgan fingerprint density at radius 3 is 2.48 bits per heavy atom. The first-order valence-electron chi connectivity index (χ1n) is 9.03. The largest absolute Gasteiger partial charge is 0.384 e. The summed E-state index contributed by atoms with van der Waals surface area (Å²) in [5, 5.41) is 10.0. The first kappa shape index (κ1) is 20.9. The van der Waals surface area contributed by atoms with Crippen LogP contribution in [-0.4, -0.2) is 48.0 Å². The summed E-state index contributed by atoms with van der Waals surface area (Å²) >= 11 is 0. The van der Waals surface area contributed by atoms with Gasteiger partial charge in [-0.15, -0.1) is 0 Å². The normalized spacial score (nSPS) is 12.8. The van der Waals surface area contributed by atoms with Crippen molar-refractivity contribution in [2.45, 2.75) is 38.6 Å². The van der Waals surface area contributed by atoms with Gasteiger partial charge in [0, 0.05) is 32.0 Å². The van der Waals surface area contributed by atoms with E-state index in [2.05, 4.69) is 15.7 Å². The Labute approximate surface area is 160 Å². The Bertz CT molecular complexity index is 861. The van der Waals surface area contributed by atoms with Gasteiger partial charge in [-0.3, -0.25) is 9.48 Å². The number of nitrogens with zero attached hydrogens (tertiary/aromatic N) is 3. The van der Waals surface area contributed by atoms with Crippen LogP contribution in [0.4, 0.5) is 11.4 Å². The van der Waals surface area contributed by atoms with Crippen molar-refractivity contribution < 1.29 is 13.2 Å². The molecule has 1 heterocycles. The minimum absolute atomic E-state index is 0.148. The third kappa shape index (κ3) is 4.67. The first-order valence-corrected chi connectivity index (χ1v) is 10.5. The number of hydrogen-bond donors (Lipinski definition) is 2. The van der Waals surface area contributed by atoms with Crippen molar-refractivity contribution in [2.24, 2.45) is 0 Å². The second-order valence-corrected chi connectivity index (χ2v) is 7.92. The lowest BCUT2D eigenvalue weighted by Gasteiger charge is -2.21. The van der Waals surface area contributed by atoms with Gasteiger partial charge in [-0.1, -0.05) is 13.8 Å². The average molecular weight is 394 g/mol. The van der Waals surface area contributed by atoms with Gasteiger partial charge in [0.1, 0.15) is 6.04 Å². The number of hydrogen-bond acceptors (Lipinski definition) is 5. The molecule has 1 aromatic carbocycles. The molecule has 2 N–H and O–H groups in total. The molecule has 9 heteroatoms. The van der Waals surface area contributed by atoms with Crippen molar-refractivity contribution in [2.75, 3.05) is 30.3 Å². The minimum Gasteiger partial charge on any atom is -0.384 e. The van der Waals surface area contributed by atoms with Gasteiger partial charge in [-0.05, 0) is 38.1 Å². The van der Waals surface area contributed by atoms with Crippen LogP contribution in [0.1, 0.15) is 33.7 Å². The van der Waals surface area contributed by atoms with Crippen molar-refractivity contribution in [1.29, 1.82) is 0 Å². The van der Waals surface area contributed by atoms with E-state index in [4.69, 9.17) is 0 Å². The van der Waals surface area contributed by atoms with Gasteiger partial charge in [-0.2, -0.15) is 9.40 Å². The summed E-state index contributed by atoms with van der Waals surface area (Å²) in [5.74, 6) is -0.282. The Kier molecular flexibility index (Phi) is 6.98. The van der Waals surface area contributed by atoms with E-state index in [1.165, 1.54) is 10.4 Å². The number of rotatable bonds is 9. The highest BCUT2D eigenvalue weighted by Gasteiger charge is 2.24. The van der Waals surface area contributed by atoms with Gasteiger partial charge < -0.3 is 10.6 Å². The number of aromatic nitrogens is 2. The van der Waals surface area contributed by atoms with Crippen LogP contribution in [0.5, 0.6) is 0 Å². The summed E-state index contributed by atoms with van der Waals surface area (Å²) < 4.78 is 28.5. The monoisotopic (exact) mass is 393 g/mol. The number of benzene rings is 1. The highest BCUT2D eigenvalue weighted by molar-refractivity contribution is 7.89. The summed E-state index contributed by atoms with van der Waals surface area (Å²) in [7, 11) is -3.62. The van der Waals surface area contributed by atoms with Crippen LogP contribution in [0.25, 0.3) is 0 Å². The number of carbonyl (C=O) groups is 1. The zero-order chi connectivity index (χ0) is 20.0. The van der Waals surface area contributed by atoms with E-state index in [9.17, 15) is 13.2 Å². The van der Waals surface area contributed by atoms with Crippen molar-refractivity contribution in [3.63, 3.8) is 0 Å². The fraction of sp³-hybridized carbons (Fsp3) is 0.444. The maximum atomic E-state index is 12.8. The minimum atomic E-state index is -3.62. The molecule has 0 fully saturated rings. The molecule has 2 aromatic rings. The van der Waals surface area contributed by atoms with Crippen LogP contribution in [0, 0.1) is 0 Å². The van der Waals surface area contributed by atoms with Crippen LogP contribution in [0.3, 0.4) is 0 Å². The fourth-order valence-corrected chi connectivity index (χ4v) is 4.20. The van der Waals surface area contributed by atoms with Gasteiger partial charge in [0.05, 0.1) is 16.3 Å². The Hall–Kier alpha value is -2.39. The molecule has 1 aromatic heterocycles. The standard InChI is InChI=1S/C18H27N5O3S/c1-5-19-16-10-9-15(27(25,26)22(6-2)7-3)13-17(16)21-18(24)14(4)23-12-8-11-20-23/h8-14,19H,5-7H2,1-4H3,(H,21,24). The molecule has 0 saturated heterocycles. The fourth-order valence-electron chi connectivity index (χ4n) is 2.71. The van der Waals surface area contributed by atoms with E-state index in [1.54, 1.807) is 56.0 Å². The Balaban J connectivity index is 2.37. The molecule has 1 unspecified atom stereocenters. The second kappa shape index (κ2) is 9.01. The highest BCUT2D eigenvalue weighted by Crippen LogP contribution is 2.28. The summed E-state index contributed by atoms with van der Waals surface area (Å²) in [5.41, 5.74) is 1.09. The van der Waals surface area contributed by atoms with Gasteiger partial charge in [0.2, 0.25) is 15.9 Å². The van der Waals surface area contributed by atoms with E-state index < -0.39 is 16.1 Å². The van der Waals surface area contributed by atoms with Crippen molar-refractivity contribution in [3.05, 3.63) is 36.7 Å². The van der Waals surface area contributed by atoms with Crippen LogP contribution in [0.2, 0.25) is 0 Å². The van der Waals surface area contributed by atoms with Crippen LogP contribution in [-0.2, 0) is 14.8 Å². The zero-order valence-electron chi connectivity index (χ0n) is 16.1. The average Bonchev–Trinajstić information content (AvgIpc) is 3.18. The molecule has 148 valence electrons. The number of amides is 1. The zero-order valence-corrected chi connectivity index (χ0v) is 17.0. The van der Waals surface area contributed by atoms with Crippen molar-refractivity contribution in [3.8, 4) is 0 Å². The third-order valence-corrected chi connectivity index (χ3v) is 6.31. The van der Waals surface area contributed by atoms with E-state index in [1.807, 2.05) is 6.92 Å². The summed E-state index contributed by atoms with van der Waals surface area (Å²) in [6.07, 6.45) is 3.31. The summed E-state index contributed by atoms with van der Waals surface area (Å²) in [6, 6.07) is 5.94. The molecule has 0 radical (unpaired) electrons. The molecule has 0 aliphatic carbocycles. The molecule has 1 amide bonds. The van der Waals surface area contributed by atoms with Crippen molar-refractivity contribution in [1.82, 2.24) is 14.1 Å². The topological polar surface area (TPSA) is 96.3 Å². The van der Waals surface area contributed by atoms with E-state index >= 15 is 0 Å². The number of sulfonamides is 1. The van der Waals surface area contributed by atoms with Gasteiger partial charge >= 0.3 is 0 Å². The second-order valence-electron chi connectivity index (χ2n) is 5.98. The predicted octanol–water partition coefficient (Wildman–Crippen LogP) is 2.55. The molecule has 0 aliphatic rings. The lowest BCUT2D eigenvalue weighted by Crippen LogP contribution is -2.31. The van der Waals surface area contributed by atoms with Crippen LogP contribution < -0.4 is 10.6 Å². The lowest BCUT2D eigenvalue weighted by molar-refractivity contribution is -0.119. The maximum absolute atomic E-state index is 12.8. The molecule has 0 saturated carbocycles. The SMILES string of the molecule is CCNc1ccc(S(=O)(=O)N(CC)CC)cc1NC(=O)C(C)n1cccn1. The number of carbonyl (C=O) groups excluding carboxylic acids is 1. The maximum Gasteiger partial charge on any atom is 0.249 e. The first-order chi connectivity index (χ1) is 12.8. The molecular formula is C18H27N5O3S. The highest BCUT2D eigenvalue weighted by atomic mass is 32.2. The van der Waals surface area contributed by atoms with E-state index in [-0.39, 0.29) is 10.8 Å².